The van der Waals surface area contributed by atoms with E-state index >= 15 is 0 Å². The maximum absolute atomic E-state index is 13.3. The third-order valence-electron chi connectivity index (χ3n) is 6.38. The van der Waals surface area contributed by atoms with Gasteiger partial charge in [0.2, 0.25) is 5.78 Å². The molecule has 5 heteroatoms. The molecule has 0 bridgehead atoms. The number of halogens is 1. The first-order valence-corrected chi connectivity index (χ1v) is 11.9. The van der Waals surface area contributed by atoms with E-state index in [9.17, 15) is 4.79 Å². The fourth-order valence-electron chi connectivity index (χ4n) is 4.46. The molecule has 3 aromatic rings. The highest BCUT2D eigenvalue weighted by Gasteiger charge is 2.35. The molecule has 2 aliphatic heterocycles. The molecule has 0 amide bonds. The van der Waals surface area contributed by atoms with Crippen molar-refractivity contribution in [1.29, 1.82) is 0 Å². The van der Waals surface area contributed by atoms with Crippen LogP contribution in [0.15, 0.2) is 60.4 Å². The predicted octanol–water partition coefficient (Wildman–Crippen LogP) is 6.91. The molecule has 4 nitrogen and oxygen atoms in total. The molecule has 2 heterocycles. The van der Waals surface area contributed by atoms with E-state index in [2.05, 4.69) is 37.8 Å². The maximum atomic E-state index is 13.3. The second-order valence-electron chi connectivity index (χ2n) is 10.1. The quantitative estimate of drug-likeness (QED) is 0.387. The number of fused-ring (bicyclic) bond motifs is 3. The van der Waals surface area contributed by atoms with Gasteiger partial charge in [-0.25, -0.2) is 0 Å². The molecule has 0 fully saturated rings. The number of ketones is 1. The molecule has 0 atom stereocenters. The highest BCUT2D eigenvalue weighted by Crippen LogP contribution is 2.44. The minimum atomic E-state index is -0.0787. The fourth-order valence-corrected chi connectivity index (χ4v) is 4.58. The van der Waals surface area contributed by atoms with Gasteiger partial charge in [-0.15, -0.1) is 0 Å². The minimum Gasteiger partial charge on any atom is -0.478 e. The number of ether oxygens (including phenoxy) is 2. The van der Waals surface area contributed by atoms with Crippen LogP contribution in [0.3, 0.4) is 0 Å². The van der Waals surface area contributed by atoms with Crippen molar-refractivity contribution >= 4 is 23.5 Å². The van der Waals surface area contributed by atoms with Crippen LogP contribution in [0.2, 0.25) is 5.02 Å². The van der Waals surface area contributed by atoms with Crippen LogP contribution in [0, 0.1) is 6.92 Å². The molecule has 0 saturated carbocycles. The van der Waals surface area contributed by atoms with Gasteiger partial charge in [-0.2, -0.15) is 0 Å². The summed E-state index contributed by atoms with van der Waals surface area (Å²) in [5.74, 6) is 1.68. The van der Waals surface area contributed by atoms with Gasteiger partial charge in [0.1, 0.15) is 18.2 Å². The van der Waals surface area contributed by atoms with E-state index in [4.69, 9.17) is 21.1 Å². The van der Waals surface area contributed by atoms with Crippen LogP contribution >= 0.6 is 11.6 Å². The first-order valence-electron chi connectivity index (χ1n) is 11.5. The number of carbonyl (C=O) groups is 1. The Balaban J connectivity index is 1.42. The zero-order chi connectivity index (χ0) is 24.0. The molecule has 2 aliphatic rings. The van der Waals surface area contributed by atoms with Crippen molar-refractivity contribution < 1.29 is 14.3 Å². The number of nitrogens with zero attached hydrogens (tertiary/aromatic N) is 1. The van der Waals surface area contributed by atoms with Crippen molar-refractivity contribution in [1.82, 2.24) is 4.90 Å². The highest BCUT2D eigenvalue weighted by molar-refractivity contribution is 6.30. The van der Waals surface area contributed by atoms with E-state index in [0.29, 0.717) is 30.3 Å². The van der Waals surface area contributed by atoms with Crippen molar-refractivity contribution in [3.8, 4) is 11.5 Å². The summed E-state index contributed by atoms with van der Waals surface area (Å²) in [7, 11) is 0. The maximum Gasteiger partial charge on any atom is 0.232 e. The van der Waals surface area contributed by atoms with Crippen LogP contribution in [0.1, 0.15) is 58.9 Å². The Morgan fingerprint density at radius 3 is 2.44 bits per heavy atom. The van der Waals surface area contributed by atoms with Crippen LogP contribution in [0.5, 0.6) is 11.5 Å². The lowest BCUT2D eigenvalue weighted by Gasteiger charge is -2.30. The van der Waals surface area contributed by atoms with Gasteiger partial charge in [0.05, 0.1) is 11.1 Å². The van der Waals surface area contributed by atoms with Crippen molar-refractivity contribution in [2.45, 2.75) is 46.2 Å². The van der Waals surface area contributed by atoms with Crippen LogP contribution in [0.4, 0.5) is 0 Å². The topological polar surface area (TPSA) is 38.8 Å². The summed E-state index contributed by atoms with van der Waals surface area (Å²) in [5, 5.41) is 0.719. The average molecular weight is 474 g/mol. The van der Waals surface area contributed by atoms with E-state index in [-0.39, 0.29) is 11.2 Å². The van der Waals surface area contributed by atoms with Gasteiger partial charge < -0.3 is 9.47 Å². The first-order chi connectivity index (χ1) is 16.2. The second-order valence-corrected chi connectivity index (χ2v) is 10.5. The number of rotatable bonds is 3. The number of hydrogen-bond donors (Lipinski definition) is 0. The Labute approximate surface area is 205 Å². The van der Waals surface area contributed by atoms with Crippen LogP contribution in [-0.4, -0.2) is 17.4 Å². The monoisotopic (exact) mass is 473 g/mol. The van der Waals surface area contributed by atoms with Crippen molar-refractivity contribution in [2.24, 2.45) is 0 Å². The molecular formula is C29H28ClNO3. The number of Topliss-reactive ketones (excluding diaryl/α,β-unsaturated/α-hetero) is 1. The number of benzene rings is 3. The average Bonchev–Trinajstić information content (AvgIpc) is 3.12. The highest BCUT2D eigenvalue weighted by atomic mass is 35.5. The summed E-state index contributed by atoms with van der Waals surface area (Å²) in [6.45, 7) is 10.3. The lowest BCUT2D eigenvalue weighted by Crippen LogP contribution is -2.31. The number of allylic oxidation sites excluding steroid dienone is 1. The first kappa shape index (κ1) is 22.7. The smallest absolute Gasteiger partial charge is 0.232 e. The number of carbonyl (C=O) groups excluding carboxylic acids is 1. The summed E-state index contributed by atoms with van der Waals surface area (Å²) in [5.41, 5.74) is 5.84. The van der Waals surface area contributed by atoms with Crippen LogP contribution in [0.25, 0.3) is 6.08 Å². The minimum absolute atomic E-state index is 0.0787. The molecule has 174 valence electrons. The van der Waals surface area contributed by atoms with E-state index in [1.54, 1.807) is 0 Å². The second kappa shape index (κ2) is 8.61. The SMILES string of the molecule is Cc1cc2c(c3c1C(=O)/C(=C/c1ccc(C(C)(C)C)cc1)O3)CN(Cc1ccc(Cl)cc1)CO2. The largest absolute Gasteiger partial charge is 0.478 e. The molecule has 0 saturated heterocycles. The van der Waals surface area contributed by atoms with Gasteiger partial charge in [-0.05, 0) is 58.9 Å². The third kappa shape index (κ3) is 4.36. The van der Waals surface area contributed by atoms with Gasteiger partial charge in [0.15, 0.2) is 5.76 Å². The van der Waals surface area contributed by atoms with Crippen molar-refractivity contribution in [2.75, 3.05) is 6.73 Å². The Hall–Kier alpha value is -3.08. The molecule has 34 heavy (non-hydrogen) atoms. The summed E-state index contributed by atoms with van der Waals surface area (Å²) in [6, 6.07) is 18.1. The van der Waals surface area contributed by atoms with Gasteiger partial charge in [0.25, 0.3) is 0 Å². The fraction of sp³-hybridized carbons (Fsp3) is 0.276. The lowest BCUT2D eigenvalue weighted by molar-refractivity contribution is 0.0872. The molecule has 3 aromatic carbocycles. The summed E-state index contributed by atoms with van der Waals surface area (Å²) in [6.07, 6.45) is 1.83. The number of aryl methyl sites for hydroxylation is 1. The molecule has 0 aliphatic carbocycles. The zero-order valence-electron chi connectivity index (χ0n) is 19.9. The molecular weight excluding hydrogens is 446 g/mol. The number of hydrogen-bond acceptors (Lipinski definition) is 4. The van der Waals surface area contributed by atoms with E-state index in [1.807, 2.05) is 55.5 Å². The molecule has 0 N–H and O–H groups in total. The molecule has 5 rings (SSSR count). The Morgan fingerprint density at radius 2 is 1.76 bits per heavy atom. The van der Waals surface area contributed by atoms with E-state index < -0.39 is 0 Å². The molecule has 0 unspecified atom stereocenters. The van der Waals surface area contributed by atoms with Crippen molar-refractivity contribution in [3.05, 3.63) is 98.8 Å². The van der Waals surface area contributed by atoms with Gasteiger partial charge in [-0.3, -0.25) is 9.69 Å². The van der Waals surface area contributed by atoms with Gasteiger partial charge in [0, 0.05) is 18.1 Å². The Kier molecular flexibility index (Phi) is 5.75. The Bertz CT molecular complexity index is 1280. The predicted molar refractivity (Wildman–Crippen MR) is 135 cm³/mol. The van der Waals surface area contributed by atoms with Crippen molar-refractivity contribution in [3.63, 3.8) is 0 Å². The lowest BCUT2D eigenvalue weighted by atomic mass is 9.86. The third-order valence-corrected chi connectivity index (χ3v) is 6.63. The summed E-state index contributed by atoms with van der Waals surface area (Å²) < 4.78 is 12.3. The van der Waals surface area contributed by atoms with Gasteiger partial charge in [-0.1, -0.05) is 68.8 Å². The van der Waals surface area contributed by atoms with Gasteiger partial charge >= 0.3 is 0 Å². The summed E-state index contributed by atoms with van der Waals surface area (Å²) in [4.78, 5) is 15.5. The molecule has 0 aromatic heterocycles. The van der Waals surface area contributed by atoms with E-state index in [0.717, 1.165) is 39.6 Å². The Morgan fingerprint density at radius 1 is 1.06 bits per heavy atom. The van der Waals surface area contributed by atoms with Crippen LogP contribution in [-0.2, 0) is 18.5 Å². The zero-order valence-corrected chi connectivity index (χ0v) is 20.7. The van der Waals surface area contributed by atoms with E-state index in [1.165, 1.54) is 5.56 Å². The normalized spacial score (nSPS) is 16.7. The summed E-state index contributed by atoms with van der Waals surface area (Å²) >= 11 is 6.02. The van der Waals surface area contributed by atoms with Crippen LogP contribution < -0.4 is 9.47 Å². The molecule has 0 spiro atoms. The molecule has 0 radical (unpaired) electrons. The standard InChI is InChI=1S/C29H28ClNO3/c1-18-13-24-23(16-31(17-33-24)15-20-7-11-22(30)12-8-20)28-26(18)27(32)25(34-28)14-19-5-9-21(10-6-19)29(2,3)4/h5-14H,15-17H2,1-4H3/b25-14-.